The van der Waals surface area contributed by atoms with Crippen LogP contribution in [-0.2, 0) is 0 Å². The van der Waals surface area contributed by atoms with Crippen molar-refractivity contribution in [3.05, 3.63) is 18.2 Å². The largest absolute Gasteiger partial charge is 0.332 e. The van der Waals surface area contributed by atoms with E-state index in [4.69, 9.17) is 0 Å². The van der Waals surface area contributed by atoms with Gasteiger partial charge < -0.3 is 5.32 Å². The molecule has 0 fully saturated rings. The Labute approximate surface area is 87.3 Å². The molecule has 1 aliphatic heterocycles. The summed E-state index contributed by atoms with van der Waals surface area (Å²) in [6.45, 7) is 2.79. The number of rotatable bonds is 1. The lowest BCUT2D eigenvalue weighted by molar-refractivity contribution is 0.938. The summed E-state index contributed by atoms with van der Waals surface area (Å²) in [4.78, 5) is 12.6. The minimum absolute atomic E-state index is 0.786. The fourth-order valence-corrected chi connectivity index (χ4v) is 1.96. The highest BCUT2D eigenvalue weighted by atomic mass is 32.2. The van der Waals surface area contributed by atoms with Gasteiger partial charge in [-0.1, -0.05) is 11.8 Å². The summed E-state index contributed by atoms with van der Waals surface area (Å²) < 4.78 is 0. The number of nitrogens with one attached hydrogen (secondary N) is 1. The number of hydrogen-bond donors (Lipinski definition) is 1. The molecule has 0 amide bonds. The number of anilines is 1. The Morgan fingerprint density at radius 1 is 1.36 bits per heavy atom. The van der Waals surface area contributed by atoms with Crippen molar-refractivity contribution in [3.8, 4) is 0 Å². The Morgan fingerprint density at radius 2 is 2.14 bits per heavy atom. The van der Waals surface area contributed by atoms with E-state index in [1.165, 1.54) is 6.42 Å². The fourth-order valence-electron chi connectivity index (χ4n) is 1.12. The van der Waals surface area contributed by atoms with Crippen molar-refractivity contribution in [2.24, 2.45) is 4.99 Å². The van der Waals surface area contributed by atoms with E-state index >= 15 is 0 Å². The van der Waals surface area contributed by atoms with E-state index < -0.39 is 0 Å². The van der Waals surface area contributed by atoms with E-state index in [2.05, 4.69) is 20.3 Å². The van der Waals surface area contributed by atoms with Gasteiger partial charge in [-0.15, -0.1) is 0 Å². The monoisotopic (exact) mass is 208 g/mol. The first kappa shape index (κ1) is 9.45. The number of hydrogen-bond acceptors (Lipinski definition) is 5. The van der Waals surface area contributed by atoms with Gasteiger partial charge in [-0.25, -0.2) is 9.97 Å². The first-order chi connectivity index (χ1) is 6.84. The highest BCUT2D eigenvalue weighted by Gasteiger charge is 2.05. The summed E-state index contributed by atoms with van der Waals surface area (Å²) >= 11 is 1.75. The molecule has 1 aromatic heterocycles. The van der Waals surface area contributed by atoms with Crippen LogP contribution < -0.4 is 5.32 Å². The van der Waals surface area contributed by atoms with E-state index in [0.29, 0.717) is 0 Å². The molecular formula is C9H12N4S. The molecule has 0 bridgehead atoms. The summed E-state index contributed by atoms with van der Waals surface area (Å²) in [7, 11) is 0. The van der Waals surface area contributed by atoms with E-state index in [-0.39, 0.29) is 0 Å². The quantitative estimate of drug-likeness (QED) is 0.763. The van der Waals surface area contributed by atoms with Crippen molar-refractivity contribution in [1.29, 1.82) is 0 Å². The van der Waals surface area contributed by atoms with Crippen molar-refractivity contribution < 1.29 is 0 Å². The molecule has 5 heteroatoms. The highest BCUT2D eigenvalue weighted by molar-refractivity contribution is 8.14. The Bertz CT molecular complexity index is 333. The second-order valence-corrected chi connectivity index (χ2v) is 4.12. The first-order valence-corrected chi connectivity index (χ1v) is 5.56. The molecule has 1 aliphatic rings. The van der Waals surface area contributed by atoms with Gasteiger partial charge in [-0.2, -0.15) is 0 Å². The zero-order valence-electron chi connectivity index (χ0n) is 8.03. The predicted octanol–water partition coefficient (Wildman–Crippen LogP) is 1.69. The van der Waals surface area contributed by atoms with E-state index in [9.17, 15) is 0 Å². The second-order valence-electron chi connectivity index (χ2n) is 3.03. The van der Waals surface area contributed by atoms with Crippen LogP contribution in [0.4, 0.5) is 5.69 Å². The number of aromatic nitrogens is 2. The molecule has 1 N–H and O–H groups in total. The number of thioether (sulfide) groups is 1. The van der Waals surface area contributed by atoms with Crippen LogP contribution >= 0.6 is 11.8 Å². The lowest BCUT2D eigenvalue weighted by Crippen LogP contribution is -2.13. The molecule has 74 valence electrons. The van der Waals surface area contributed by atoms with Crippen LogP contribution in [0.15, 0.2) is 17.4 Å². The summed E-state index contributed by atoms with van der Waals surface area (Å²) in [6.07, 6.45) is 4.72. The topological polar surface area (TPSA) is 50.2 Å². The van der Waals surface area contributed by atoms with Gasteiger partial charge in [0.15, 0.2) is 5.17 Å². The molecule has 2 rings (SSSR count). The van der Waals surface area contributed by atoms with Gasteiger partial charge in [0.2, 0.25) is 0 Å². The molecular weight excluding hydrogens is 196 g/mol. The zero-order valence-corrected chi connectivity index (χ0v) is 8.84. The van der Waals surface area contributed by atoms with E-state index in [1.54, 1.807) is 24.2 Å². The fraction of sp³-hybridized carbons (Fsp3) is 0.444. The molecule has 0 atom stereocenters. The Morgan fingerprint density at radius 3 is 2.79 bits per heavy atom. The van der Waals surface area contributed by atoms with E-state index in [1.807, 2.05) is 6.92 Å². The summed E-state index contributed by atoms with van der Waals surface area (Å²) in [5.74, 6) is 1.92. The molecule has 0 saturated carbocycles. The van der Waals surface area contributed by atoms with Crippen LogP contribution in [0.3, 0.4) is 0 Å². The number of amidine groups is 1. The third kappa shape index (κ3) is 2.45. The molecule has 0 saturated heterocycles. The maximum absolute atomic E-state index is 4.36. The summed E-state index contributed by atoms with van der Waals surface area (Å²) in [5, 5.41) is 4.17. The summed E-state index contributed by atoms with van der Waals surface area (Å²) in [5.41, 5.74) is 0.906. The Balaban J connectivity index is 2.03. The standard InChI is InChI=1S/C9H12N4S/c1-7-11-5-8(6-12-7)13-9-10-3-2-4-14-9/h5-6H,2-4H2,1H3,(H,10,13). The number of nitrogens with zero attached hydrogens (tertiary/aromatic N) is 3. The number of aryl methyl sites for hydroxylation is 1. The van der Waals surface area contributed by atoms with Gasteiger partial charge in [0.05, 0.1) is 18.1 Å². The summed E-state index contributed by atoms with van der Waals surface area (Å²) in [6, 6.07) is 0. The third-order valence-corrected chi connectivity index (χ3v) is 2.83. The normalized spacial score (nSPS) is 16.2. The van der Waals surface area contributed by atoms with Crippen molar-refractivity contribution >= 4 is 22.6 Å². The van der Waals surface area contributed by atoms with Gasteiger partial charge in [-0.3, -0.25) is 4.99 Å². The third-order valence-electron chi connectivity index (χ3n) is 1.83. The SMILES string of the molecule is Cc1ncc(NC2=NCCCS2)cn1. The first-order valence-electron chi connectivity index (χ1n) is 4.57. The molecule has 14 heavy (non-hydrogen) atoms. The van der Waals surface area contributed by atoms with Gasteiger partial charge in [0.1, 0.15) is 5.82 Å². The van der Waals surface area contributed by atoms with Gasteiger partial charge in [0.25, 0.3) is 0 Å². The van der Waals surface area contributed by atoms with Crippen LogP contribution in [0.5, 0.6) is 0 Å². The van der Waals surface area contributed by atoms with Crippen LogP contribution in [0, 0.1) is 6.92 Å². The predicted molar refractivity (Wildman–Crippen MR) is 59.8 cm³/mol. The van der Waals surface area contributed by atoms with Crippen molar-refractivity contribution in [1.82, 2.24) is 9.97 Å². The van der Waals surface area contributed by atoms with Crippen LogP contribution in [-0.4, -0.2) is 27.4 Å². The number of aliphatic imine (C=N–C) groups is 1. The second kappa shape index (κ2) is 4.41. The Kier molecular flexibility index (Phi) is 2.98. The van der Waals surface area contributed by atoms with Crippen LogP contribution in [0.25, 0.3) is 0 Å². The molecule has 0 aliphatic carbocycles. The molecule has 0 unspecified atom stereocenters. The average Bonchev–Trinajstić information content (AvgIpc) is 2.23. The zero-order chi connectivity index (χ0) is 9.80. The molecule has 1 aromatic rings. The van der Waals surface area contributed by atoms with Gasteiger partial charge in [0, 0.05) is 12.3 Å². The van der Waals surface area contributed by atoms with Gasteiger partial charge >= 0.3 is 0 Å². The highest BCUT2D eigenvalue weighted by Crippen LogP contribution is 2.14. The molecule has 0 spiro atoms. The van der Waals surface area contributed by atoms with Crippen molar-refractivity contribution in [3.63, 3.8) is 0 Å². The van der Waals surface area contributed by atoms with Crippen molar-refractivity contribution in [2.75, 3.05) is 17.6 Å². The minimum atomic E-state index is 0.786. The Hall–Kier alpha value is -1.10. The average molecular weight is 208 g/mol. The smallest absolute Gasteiger partial charge is 0.161 e. The molecule has 4 nitrogen and oxygen atoms in total. The minimum Gasteiger partial charge on any atom is -0.332 e. The lowest BCUT2D eigenvalue weighted by atomic mass is 10.5. The van der Waals surface area contributed by atoms with Gasteiger partial charge in [-0.05, 0) is 13.3 Å². The molecule has 0 aromatic carbocycles. The van der Waals surface area contributed by atoms with E-state index in [0.717, 1.165) is 29.0 Å². The molecule has 0 radical (unpaired) electrons. The molecule has 2 heterocycles. The lowest BCUT2D eigenvalue weighted by Gasteiger charge is -2.12. The maximum Gasteiger partial charge on any atom is 0.161 e. The maximum atomic E-state index is 4.36. The van der Waals surface area contributed by atoms with Crippen LogP contribution in [0.1, 0.15) is 12.2 Å². The van der Waals surface area contributed by atoms with Crippen molar-refractivity contribution in [2.45, 2.75) is 13.3 Å². The van der Waals surface area contributed by atoms with Crippen LogP contribution in [0.2, 0.25) is 0 Å².